The van der Waals surface area contributed by atoms with Crippen molar-refractivity contribution in [2.24, 2.45) is 11.6 Å². The molecule has 1 amide bonds. The van der Waals surface area contributed by atoms with Gasteiger partial charge >= 0.3 is 0 Å². The van der Waals surface area contributed by atoms with Gasteiger partial charge in [-0.2, -0.15) is 0 Å². The number of hydrazine groups is 1. The first-order valence-corrected chi connectivity index (χ1v) is 7.02. The number of nitrogens with two attached hydrogens (primary N) is 2. The van der Waals surface area contributed by atoms with E-state index in [0.717, 1.165) is 16.3 Å². The quantitative estimate of drug-likeness (QED) is 0.592. The Hall–Kier alpha value is -2.67. The standard InChI is InChI=1S/C16H20FN5O/c1-16(2,17)15(23)21-14-7-12-6-10(13(18)9-22(3)19)4-5-11(12)8-20-14/h4-9H,18-19H2,1-3H3,(H,20,21,23)/b13-9-. The minimum atomic E-state index is -1.97. The summed E-state index contributed by atoms with van der Waals surface area (Å²) >= 11 is 0. The SMILES string of the molecule is CN(N)/C=C(\N)c1ccc2cnc(NC(=O)C(C)(C)F)cc2c1. The molecule has 23 heavy (non-hydrogen) atoms. The number of pyridine rings is 1. The highest BCUT2D eigenvalue weighted by molar-refractivity contribution is 5.97. The number of carbonyl (C=O) groups is 1. The number of fused-ring (bicyclic) bond motifs is 1. The first kappa shape index (κ1) is 16.7. The molecule has 0 saturated heterocycles. The van der Waals surface area contributed by atoms with E-state index in [9.17, 15) is 9.18 Å². The average molecular weight is 317 g/mol. The molecule has 0 radical (unpaired) electrons. The molecule has 0 aliphatic rings. The smallest absolute Gasteiger partial charge is 0.262 e. The monoisotopic (exact) mass is 317 g/mol. The molecule has 7 heteroatoms. The van der Waals surface area contributed by atoms with Crippen LogP contribution in [-0.2, 0) is 4.79 Å². The molecule has 0 fully saturated rings. The van der Waals surface area contributed by atoms with Crippen molar-refractivity contribution < 1.29 is 9.18 Å². The van der Waals surface area contributed by atoms with Gasteiger partial charge in [0, 0.05) is 24.8 Å². The van der Waals surface area contributed by atoms with Gasteiger partial charge in [-0.15, -0.1) is 0 Å². The van der Waals surface area contributed by atoms with Gasteiger partial charge in [0.05, 0.1) is 5.70 Å². The van der Waals surface area contributed by atoms with Crippen LogP contribution < -0.4 is 16.9 Å². The number of carbonyl (C=O) groups excluding carboxylic acids is 1. The van der Waals surface area contributed by atoms with Crippen LogP contribution >= 0.6 is 0 Å². The summed E-state index contributed by atoms with van der Waals surface area (Å²) in [5.74, 6) is 5.08. The van der Waals surface area contributed by atoms with E-state index in [1.54, 1.807) is 25.5 Å². The number of amides is 1. The van der Waals surface area contributed by atoms with Crippen molar-refractivity contribution in [1.82, 2.24) is 9.99 Å². The van der Waals surface area contributed by atoms with E-state index >= 15 is 0 Å². The normalized spacial score (nSPS) is 12.3. The lowest BCUT2D eigenvalue weighted by atomic mass is 10.1. The second-order valence-corrected chi connectivity index (χ2v) is 5.81. The average Bonchev–Trinajstić information content (AvgIpc) is 2.44. The van der Waals surface area contributed by atoms with E-state index < -0.39 is 11.6 Å². The fourth-order valence-corrected chi connectivity index (χ4v) is 1.95. The Morgan fingerprint density at radius 3 is 2.65 bits per heavy atom. The molecule has 0 atom stereocenters. The van der Waals surface area contributed by atoms with Crippen LogP contribution in [0.25, 0.3) is 16.5 Å². The van der Waals surface area contributed by atoms with Crippen LogP contribution in [0.15, 0.2) is 36.7 Å². The minimum absolute atomic E-state index is 0.281. The third kappa shape index (κ3) is 4.17. The van der Waals surface area contributed by atoms with Gasteiger partial charge in [-0.3, -0.25) is 4.79 Å². The lowest BCUT2D eigenvalue weighted by Gasteiger charge is -2.14. The zero-order valence-corrected chi connectivity index (χ0v) is 13.3. The molecule has 0 aliphatic heterocycles. The number of benzene rings is 1. The first-order valence-electron chi connectivity index (χ1n) is 7.02. The van der Waals surface area contributed by atoms with Crippen LogP contribution in [0.1, 0.15) is 19.4 Å². The maximum absolute atomic E-state index is 13.6. The molecule has 5 N–H and O–H groups in total. The minimum Gasteiger partial charge on any atom is -0.397 e. The van der Waals surface area contributed by atoms with Gasteiger partial charge in [0.25, 0.3) is 5.91 Å². The summed E-state index contributed by atoms with van der Waals surface area (Å²) in [5.41, 5.74) is 5.28. The van der Waals surface area contributed by atoms with Gasteiger partial charge < -0.3 is 16.1 Å². The van der Waals surface area contributed by atoms with Gasteiger partial charge in [-0.1, -0.05) is 12.1 Å². The number of aromatic nitrogens is 1. The summed E-state index contributed by atoms with van der Waals surface area (Å²) in [4.78, 5) is 15.8. The van der Waals surface area contributed by atoms with E-state index in [0.29, 0.717) is 5.70 Å². The molecule has 122 valence electrons. The van der Waals surface area contributed by atoms with Crippen LogP contribution in [-0.4, -0.2) is 28.6 Å². The topological polar surface area (TPSA) is 97.3 Å². The predicted octanol–water partition coefficient (Wildman–Crippen LogP) is 1.98. The number of nitrogens with zero attached hydrogens (tertiary/aromatic N) is 2. The van der Waals surface area contributed by atoms with Crippen molar-refractivity contribution in [3.63, 3.8) is 0 Å². The lowest BCUT2D eigenvalue weighted by Crippen LogP contribution is -2.32. The van der Waals surface area contributed by atoms with Crippen molar-refractivity contribution in [3.8, 4) is 0 Å². The molecule has 2 aromatic rings. The molecule has 2 rings (SSSR count). The number of halogens is 1. The summed E-state index contributed by atoms with van der Waals surface area (Å²) in [5, 5.41) is 5.51. The number of rotatable bonds is 4. The van der Waals surface area contributed by atoms with Crippen LogP contribution in [0, 0.1) is 0 Å². The van der Waals surface area contributed by atoms with E-state index in [1.807, 2.05) is 18.2 Å². The Kier molecular flexibility index (Phi) is 4.51. The molecular weight excluding hydrogens is 297 g/mol. The number of nitrogens with one attached hydrogen (secondary N) is 1. The molecule has 0 saturated carbocycles. The van der Waals surface area contributed by atoms with Crippen molar-refractivity contribution in [2.45, 2.75) is 19.5 Å². The van der Waals surface area contributed by atoms with Crippen LogP contribution in [0.4, 0.5) is 10.2 Å². The third-order valence-corrected chi connectivity index (χ3v) is 3.18. The van der Waals surface area contributed by atoms with Gasteiger partial charge in [0.2, 0.25) is 0 Å². The maximum atomic E-state index is 13.6. The lowest BCUT2D eigenvalue weighted by molar-refractivity contribution is -0.125. The zero-order valence-electron chi connectivity index (χ0n) is 13.3. The largest absolute Gasteiger partial charge is 0.397 e. The Balaban J connectivity index is 2.36. The highest BCUT2D eigenvalue weighted by Crippen LogP contribution is 2.22. The van der Waals surface area contributed by atoms with Gasteiger partial charge in [-0.05, 0) is 36.9 Å². The Labute approximate surface area is 133 Å². The summed E-state index contributed by atoms with van der Waals surface area (Å²) in [6.07, 6.45) is 3.20. The summed E-state index contributed by atoms with van der Waals surface area (Å²) in [6, 6.07) is 7.23. The number of anilines is 1. The van der Waals surface area contributed by atoms with E-state index in [4.69, 9.17) is 11.6 Å². The highest BCUT2D eigenvalue weighted by atomic mass is 19.1. The fraction of sp³-hybridized carbons (Fsp3) is 0.250. The maximum Gasteiger partial charge on any atom is 0.262 e. The Morgan fingerprint density at radius 2 is 2.04 bits per heavy atom. The molecular formula is C16H20FN5O. The molecule has 0 unspecified atom stereocenters. The van der Waals surface area contributed by atoms with E-state index in [1.165, 1.54) is 18.9 Å². The summed E-state index contributed by atoms with van der Waals surface area (Å²) in [6.45, 7) is 2.38. The number of hydrogen-bond donors (Lipinski definition) is 3. The van der Waals surface area contributed by atoms with E-state index in [-0.39, 0.29) is 5.82 Å². The van der Waals surface area contributed by atoms with E-state index in [2.05, 4.69) is 10.3 Å². The third-order valence-electron chi connectivity index (χ3n) is 3.18. The number of alkyl halides is 1. The summed E-state index contributed by atoms with van der Waals surface area (Å²) < 4.78 is 13.6. The molecule has 0 bridgehead atoms. The second-order valence-electron chi connectivity index (χ2n) is 5.81. The van der Waals surface area contributed by atoms with Crippen LogP contribution in [0.3, 0.4) is 0 Å². The Bertz CT molecular complexity index is 765. The van der Waals surface area contributed by atoms with Crippen molar-refractivity contribution in [2.75, 3.05) is 12.4 Å². The van der Waals surface area contributed by atoms with Crippen LogP contribution in [0.2, 0.25) is 0 Å². The molecule has 0 spiro atoms. The molecule has 6 nitrogen and oxygen atoms in total. The molecule has 1 heterocycles. The highest BCUT2D eigenvalue weighted by Gasteiger charge is 2.26. The van der Waals surface area contributed by atoms with Gasteiger partial charge in [-0.25, -0.2) is 15.2 Å². The first-order chi connectivity index (χ1) is 10.7. The zero-order chi connectivity index (χ0) is 17.2. The van der Waals surface area contributed by atoms with Crippen molar-refractivity contribution in [3.05, 3.63) is 42.2 Å². The molecule has 1 aromatic carbocycles. The molecule has 0 aliphatic carbocycles. The van der Waals surface area contributed by atoms with Gasteiger partial charge in [0.1, 0.15) is 5.82 Å². The van der Waals surface area contributed by atoms with Crippen molar-refractivity contribution >= 4 is 28.2 Å². The Morgan fingerprint density at radius 1 is 1.35 bits per heavy atom. The number of hydrogen-bond acceptors (Lipinski definition) is 5. The van der Waals surface area contributed by atoms with Gasteiger partial charge in [0.15, 0.2) is 5.67 Å². The summed E-state index contributed by atoms with van der Waals surface area (Å²) in [7, 11) is 1.67. The van der Waals surface area contributed by atoms with Crippen LogP contribution in [0.5, 0.6) is 0 Å². The predicted molar refractivity (Wildman–Crippen MR) is 89.7 cm³/mol. The fourth-order valence-electron chi connectivity index (χ4n) is 1.95. The second kappa shape index (κ2) is 6.21. The molecule has 1 aromatic heterocycles. The van der Waals surface area contributed by atoms with Crippen molar-refractivity contribution in [1.29, 1.82) is 0 Å².